The fourth-order valence-corrected chi connectivity index (χ4v) is 4.13. The minimum atomic E-state index is -4.50. The summed E-state index contributed by atoms with van der Waals surface area (Å²) in [6.45, 7) is 3.73. The molecule has 0 aliphatic heterocycles. The van der Waals surface area contributed by atoms with Crippen LogP contribution in [0.15, 0.2) is 60.9 Å². The molecule has 0 saturated heterocycles. The Balaban J connectivity index is 1.52. The average molecular weight is 529 g/mol. The number of benzene rings is 2. The van der Waals surface area contributed by atoms with E-state index in [-0.39, 0.29) is 12.4 Å². The van der Waals surface area contributed by atoms with Crippen LogP contribution in [-0.4, -0.2) is 35.5 Å². The van der Waals surface area contributed by atoms with Gasteiger partial charge in [0, 0.05) is 12.2 Å². The Bertz CT molecular complexity index is 1050. The van der Waals surface area contributed by atoms with Gasteiger partial charge in [-0.3, -0.25) is 0 Å². The highest BCUT2D eigenvalue weighted by Gasteiger charge is 2.41. The molecule has 0 N–H and O–H groups in total. The van der Waals surface area contributed by atoms with Crippen molar-refractivity contribution >= 4 is 0 Å². The van der Waals surface area contributed by atoms with Gasteiger partial charge in [0.25, 0.3) is 0 Å². The van der Waals surface area contributed by atoms with E-state index < -0.39 is 18.9 Å². The summed E-state index contributed by atoms with van der Waals surface area (Å²) in [5.74, 6) is 0.649. The minimum Gasteiger partial charge on any atom is -0.487 e. The van der Waals surface area contributed by atoms with Crippen molar-refractivity contribution in [3.63, 3.8) is 0 Å². The van der Waals surface area contributed by atoms with Gasteiger partial charge in [0.05, 0.1) is 12.4 Å². The third-order valence-corrected chi connectivity index (χ3v) is 6.46. The van der Waals surface area contributed by atoms with E-state index in [4.69, 9.17) is 9.47 Å². The number of aryl methyl sites for hydroxylation is 1. The number of ether oxygens (including phenoxy) is 2. The lowest BCUT2D eigenvalue weighted by Crippen LogP contribution is -2.37. The summed E-state index contributed by atoms with van der Waals surface area (Å²) in [5, 5.41) is 0. The quantitative estimate of drug-likeness (QED) is 0.174. The Hall–Kier alpha value is -2.93. The number of nitrogens with zero attached hydrogens (tertiary/aromatic N) is 2. The fraction of sp³-hybridized carbons (Fsp3) is 0.484. The van der Waals surface area contributed by atoms with E-state index in [0.29, 0.717) is 12.2 Å². The first-order valence-electron chi connectivity index (χ1n) is 13.7. The van der Waals surface area contributed by atoms with Crippen molar-refractivity contribution in [1.82, 2.24) is 9.97 Å². The van der Waals surface area contributed by atoms with Crippen LogP contribution < -0.4 is 4.74 Å². The molecule has 0 aliphatic rings. The third-order valence-electron chi connectivity index (χ3n) is 6.46. The molecule has 0 bridgehead atoms. The van der Waals surface area contributed by atoms with Crippen molar-refractivity contribution in [2.75, 3.05) is 13.2 Å². The minimum absolute atomic E-state index is 0.0613. The van der Waals surface area contributed by atoms with Crippen LogP contribution in [0.4, 0.5) is 13.2 Å². The maximum absolute atomic E-state index is 13.3. The molecule has 0 aliphatic carbocycles. The van der Waals surface area contributed by atoms with E-state index in [1.807, 2.05) is 24.3 Å². The average Bonchev–Trinajstić information content (AvgIpc) is 2.92. The number of rotatable bonds is 16. The smallest absolute Gasteiger partial charge is 0.417 e. The van der Waals surface area contributed by atoms with Crippen LogP contribution >= 0.6 is 0 Å². The first kappa shape index (κ1) is 29.6. The Labute approximate surface area is 224 Å². The van der Waals surface area contributed by atoms with Crippen LogP contribution in [0.5, 0.6) is 5.75 Å². The maximum atomic E-state index is 13.3. The molecule has 0 saturated carbocycles. The van der Waals surface area contributed by atoms with Crippen molar-refractivity contribution in [2.24, 2.45) is 0 Å². The monoisotopic (exact) mass is 528 g/mol. The molecule has 2 aromatic carbocycles. The van der Waals surface area contributed by atoms with Crippen molar-refractivity contribution in [1.29, 1.82) is 0 Å². The molecule has 3 aromatic rings. The summed E-state index contributed by atoms with van der Waals surface area (Å²) in [6.07, 6.45) is 5.73. The van der Waals surface area contributed by atoms with Gasteiger partial charge in [-0.25, -0.2) is 9.97 Å². The number of aromatic nitrogens is 2. The van der Waals surface area contributed by atoms with E-state index in [1.54, 1.807) is 0 Å². The van der Waals surface area contributed by atoms with Gasteiger partial charge in [0.15, 0.2) is 17.7 Å². The zero-order chi connectivity index (χ0) is 27.2. The summed E-state index contributed by atoms with van der Waals surface area (Å²) in [6, 6.07) is 16.6. The lowest BCUT2D eigenvalue weighted by molar-refractivity contribution is -0.227. The van der Waals surface area contributed by atoms with Gasteiger partial charge >= 0.3 is 6.18 Å². The van der Waals surface area contributed by atoms with Crippen LogP contribution in [0, 0.1) is 0 Å². The van der Waals surface area contributed by atoms with E-state index in [2.05, 4.69) is 48.1 Å². The fourth-order valence-electron chi connectivity index (χ4n) is 4.13. The first-order chi connectivity index (χ1) is 18.4. The molecule has 0 amide bonds. The van der Waals surface area contributed by atoms with Crippen molar-refractivity contribution in [3.8, 4) is 28.3 Å². The molecule has 4 nitrogen and oxygen atoms in total. The second-order valence-corrected chi connectivity index (χ2v) is 9.60. The summed E-state index contributed by atoms with van der Waals surface area (Å²) in [5.41, 5.74) is 4.40. The van der Waals surface area contributed by atoms with Crippen LogP contribution in [-0.2, 0) is 11.2 Å². The predicted molar refractivity (Wildman–Crippen MR) is 146 cm³/mol. The SMILES string of the molecule is CCCCCCCOC(COc1cnc(-c2ccc(-c3ccc(CCCCC)cc3)cc2)nc1)C(F)(F)F. The molecular weight excluding hydrogens is 489 g/mol. The van der Waals surface area contributed by atoms with Gasteiger partial charge in [-0.05, 0) is 36.0 Å². The van der Waals surface area contributed by atoms with E-state index in [9.17, 15) is 13.2 Å². The van der Waals surface area contributed by atoms with Crippen LogP contribution in [0.1, 0.15) is 70.8 Å². The van der Waals surface area contributed by atoms with Crippen LogP contribution in [0.3, 0.4) is 0 Å². The Morgan fingerprint density at radius 3 is 1.87 bits per heavy atom. The summed E-state index contributed by atoms with van der Waals surface area (Å²) in [4.78, 5) is 8.57. The van der Waals surface area contributed by atoms with E-state index >= 15 is 0 Å². The Kier molecular flexibility index (Phi) is 12.1. The molecule has 1 aromatic heterocycles. The van der Waals surface area contributed by atoms with Crippen LogP contribution in [0.25, 0.3) is 22.5 Å². The van der Waals surface area contributed by atoms with Gasteiger partial charge in [0.1, 0.15) is 6.61 Å². The standard InChI is InChI=1S/C31H39F3N2O2/c1-3-5-7-8-10-20-37-29(31(32,33)34)23-38-28-21-35-30(36-22-28)27-18-16-26(17-19-27)25-14-12-24(13-15-25)11-9-6-4-2/h12-19,21-22,29H,3-11,20,23H2,1-2H3. The van der Waals surface area contributed by atoms with Crippen LogP contribution in [0.2, 0.25) is 0 Å². The largest absolute Gasteiger partial charge is 0.487 e. The molecule has 1 atom stereocenters. The lowest BCUT2D eigenvalue weighted by Gasteiger charge is -2.21. The second-order valence-electron chi connectivity index (χ2n) is 9.60. The molecule has 38 heavy (non-hydrogen) atoms. The predicted octanol–water partition coefficient (Wildman–Crippen LogP) is 8.84. The summed E-state index contributed by atoms with van der Waals surface area (Å²) < 4.78 is 50.4. The van der Waals surface area contributed by atoms with Gasteiger partial charge in [-0.2, -0.15) is 13.2 Å². The lowest BCUT2D eigenvalue weighted by atomic mass is 10.0. The molecule has 3 rings (SSSR count). The highest BCUT2D eigenvalue weighted by atomic mass is 19.4. The highest BCUT2D eigenvalue weighted by Crippen LogP contribution is 2.26. The molecule has 7 heteroatoms. The third kappa shape index (κ3) is 9.75. The number of halogens is 3. The zero-order valence-electron chi connectivity index (χ0n) is 22.5. The topological polar surface area (TPSA) is 44.2 Å². The van der Waals surface area contributed by atoms with Gasteiger partial charge < -0.3 is 9.47 Å². The van der Waals surface area contributed by atoms with Gasteiger partial charge in [-0.15, -0.1) is 0 Å². The molecular formula is C31H39F3N2O2. The number of unbranched alkanes of at least 4 members (excludes halogenated alkanes) is 6. The summed E-state index contributed by atoms with van der Waals surface area (Å²) >= 11 is 0. The molecule has 206 valence electrons. The number of hydrogen-bond donors (Lipinski definition) is 0. The first-order valence-corrected chi connectivity index (χ1v) is 13.7. The maximum Gasteiger partial charge on any atom is 0.417 e. The Morgan fingerprint density at radius 2 is 1.26 bits per heavy atom. The van der Waals surface area contributed by atoms with Gasteiger partial charge in [-0.1, -0.05) is 101 Å². The molecule has 0 radical (unpaired) electrons. The zero-order valence-corrected chi connectivity index (χ0v) is 22.5. The normalized spacial score (nSPS) is 12.4. The van der Waals surface area contributed by atoms with Crippen molar-refractivity contribution in [2.45, 2.75) is 83.9 Å². The van der Waals surface area contributed by atoms with Crippen molar-refractivity contribution in [3.05, 3.63) is 66.5 Å². The number of alkyl halides is 3. The molecule has 0 fully saturated rings. The van der Waals surface area contributed by atoms with Gasteiger partial charge in [0.2, 0.25) is 0 Å². The summed E-state index contributed by atoms with van der Waals surface area (Å²) in [7, 11) is 0. The van der Waals surface area contributed by atoms with E-state index in [0.717, 1.165) is 48.8 Å². The number of hydrogen-bond acceptors (Lipinski definition) is 4. The Morgan fingerprint density at radius 1 is 0.711 bits per heavy atom. The second kappa shape index (κ2) is 15.5. The highest BCUT2D eigenvalue weighted by molar-refractivity contribution is 5.67. The molecule has 1 heterocycles. The molecule has 1 unspecified atom stereocenters. The van der Waals surface area contributed by atoms with Crippen molar-refractivity contribution < 1.29 is 22.6 Å². The van der Waals surface area contributed by atoms with E-state index in [1.165, 1.54) is 37.2 Å². The molecule has 0 spiro atoms.